The first-order valence-electron chi connectivity index (χ1n) is 9.53. The molecular weight excluding hydrogens is 420 g/mol. The van der Waals surface area contributed by atoms with Crippen LogP contribution in [0, 0.1) is 0 Å². The van der Waals surface area contributed by atoms with E-state index < -0.39 is 0 Å². The van der Waals surface area contributed by atoms with Crippen LogP contribution in [0.1, 0.15) is 22.6 Å². The fourth-order valence-corrected chi connectivity index (χ4v) is 4.99. The molecule has 0 bridgehead atoms. The minimum atomic E-state index is 0.282. The topological polar surface area (TPSA) is 77.0 Å². The summed E-state index contributed by atoms with van der Waals surface area (Å²) in [5, 5.41) is 4.85. The number of nitrogens with zero attached hydrogens (tertiary/aromatic N) is 3. The van der Waals surface area contributed by atoms with E-state index in [1.54, 1.807) is 23.9 Å². The first-order valence-corrected chi connectivity index (χ1v) is 10.7. The highest BCUT2D eigenvalue weighted by atomic mass is 35.5. The number of ether oxygens (including phenoxy) is 1. The number of hydrogen-bond acceptors (Lipinski definition) is 7. The fourth-order valence-electron chi connectivity index (χ4n) is 3.54. The number of fused-ring (bicyclic) bond motifs is 3. The predicted octanol–water partition coefficient (Wildman–Crippen LogP) is 5.12. The maximum absolute atomic E-state index is 11.8. The highest BCUT2D eigenvalue weighted by molar-refractivity contribution is 7.19. The van der Waals surface area contributed by atoms with E-state index in [0.29, 0.717) is 30.2 Å². The van der Waals surface area contributed by atoms with Gasteiger partial charge in [0.1, 0.15) is 35.1 Å². The monoisotopic (exact) mass is 436 g/mol. The Hall–Kier alpha value is -3.03. The van der Waals surface area contributed by atoms with Gasteiger partial charge in [0.25, 0.3) is 0 Å². The van der Waals surface area contributed by atoms with E-state index in [-0.39, 0.29) is 5.78 Å². The SMILES string of the molecule is O=C1CCc2c(sc3ncnc(Nc4ccc(OCc5ccccn5)c(Cl)c4)c23)C1. The third kappa shape index (κ3) is 3.74. The van der Waals surface area contributed by atoms with Crippen molar-refractivity contribution in [1.82, 2.24) is 15.0 Å². The molecule has 1 N–H and O–H groups in total. The molecule has 5 rings (SSSR count). The smallest absolute Gasteiger partial charge is 0.142 e. The quantitative estimate of drug-likeness (QED) is 0.468. The molecule has 0 unspecified atom stereocenters. The van der Waals surface area contributed by atoms with E-state index in [0.717, 1.165) is 38.7 Å². The molecule has 0 aliphatic heterocycles. The first-order chi connectivity index (χ1) is 14.7. The van der Waals surface area contributed by atoms with Gasteiger partial charge < -0.3 is 10.1 Å². The van der Waals surface area contributed by atoms with Crippen LogP contribution in [0.5, 0.6) is 5.75 Å². The summed E-state index contributed by atoms with van der Waals surface area (Å²) in [5.74, 6) is 1.60. The van der Waals surface area contributed by atoms with E-state index in [1.165, 1.54) is 5.56 Å². The highest BCUT2D eigenvalue weighted by Gasteiger charge is 2.23. The van der Waals surface area contributed by atoms with Crippen LogP contribution < -0.4 is 10.1 Å². The number of thiophene rings is 1. The summed E-state index contributed by atoms with van der Waals surface area (Å²) in [6, 6.07) is 11.2. The molecule has 1 aliphatic carbocycles. The zero-order chi connectivity index (χ0) is 20.5. The summed E-state index contributed by atoms with van der Waals surface area (Å²) in [4.78, 5) is 26.9. The summed E-state index contributed by atoms with van der Waals surface area (Å²) < 4.78 is 5.79. The molecule has 0 radical (unpaired) electrons. The second kappa shape index (κ2) is 8.01. The molecule has 1 aromatic carbocycles. The molecule has 1 aliphatic rings. The summed E-state index contributed by atoms with van der Waals surface area (Å²) in [6.45, 7) is 0.347. The summed E-state index contributed by atoms with van der Waals surface area (Å²) in [5.41, 5.74) is 2.82. The highest BCUT2D eigenvalue weighted by Crippen LogP contribution is 2.38. The lowest BCUT2D eigenvalue weighted by molar-refractivity contribution is -0.118. The number of pyridine rings is 1. The van der Waals surface area contributed by atoms with Crippen molar-refractivity contribution < 1.29 is 9.53 Å². The van der Waals surface area contributed by atoms with Crippen molar-refractivity contribution in [2.45, 2.75) is 25.9 Å². The van der Waals surface area contributed by atoms with Crippen molar-refractivity contribution in [2.75, 3.05) is 5.32 Å². The number of hydrogen-bond donors (Lipinski definition) is 1. The Morgan fingerprint density at radius 1 is 1.13 bits per heavy atom. The number of carbonyl (C=O) groups excluding carboxylic acids is 1. The molecule has 150 valence electrons. The number of nitrogens with one attached hydrogen (secondary N) is 1. The van der Waals surface area contributed by atoms with Gasteiger partial charge in [-0.25, -0.2) is 9.97 Å². The van der Waals surface area contributed by atoms with Gasteiger partial charge >= 0.3 is 0 Å². The maximum Gasteiger partial charge on any atom is 0.142 e. The average Bonchev–Trinajstić information content (AvgIpc) is 3.12. The molecule has 8 heteroatoms. The molecule has 0 amide bonds. The van der Waals surface area contributed by atoms with Gasteiger partial charge in [-0.15, -0.1) is 11.3 Å². The van der Waals surface area contributed by atoms with Crippen LogP contribution in [-0.4, -0.2) is 20.7 Å². The summed E-state index contributed by atoms with van der Waals surface area (Å²) in [6.07, 6.45) is 5.07. The zero-order valence-corrected chi connectivity index (χ0v) is 17.5. The van der Waals surface area contributed by atoms with E-state index >= 15 is 0 Å². The fraction of sp³-hybridized carbons (Fsp3) is 0.182. The van der Waals surface area contributed by atoms with Crippen molar-refractivity contribution in [3.63, 3.8) is 0 Å². The molecular formula is C22H17ClN4O2S. The molecule has 0 atom stereocenters. The number of carbonyl (C=O) groups is 1. The number of aryl methyl sites for hydroxylation is 1. The zero-order valence-electron chi connectivity index (χ0n) is 15.9. The van der Waals surface area contributed by atoms with Gasteiger partial charge in [0.15, 0.2) is 0 Å². The van der Waals surface area contributed by atoms with Crippen molar-refractivity contribution >= 4 is 50.4 Å². The summed E-state index contributed by atoms with van der Waals surface area (Å²) >= 11 is 8.01. The number of ketones is 1. The normalized spacial score (nSPS) is 13.3. The Labute approximate surface area is 181 Å². The second-order valence-corrected chi connectivity index (χ2v) is 8.49. The lowest BCUT2D eigenvalue weighted by Crippen LogP contribution is -2.11. The third-order valence-electron chi connectivity index (χ3n) is 4.98. The lowest BCUT2D eigenvalue weighted by Gasteiger charge is -2.13. The standard InChI is InChI=1S/C22H17ClN4O2S/c23-17-9-13(4-7-18(17)29-11-14-3-1-2-8-24-14)27-21-20-16-6-5-15(28)10-19(16)30-22(20)26-12-25-21/h1-4,7-9,12H,5-6,10-11H2,(H,25,26,27). The third-order valence-corrected chi connectivity index (χ3v) is 6.41. The number of aromatic nitrogens is 3. The lowest BCUT2D eigenvalue weighted by atomic mass is 9.96. The molecule has 30 heavy (non-hydrogen) atoms. The number of rotatable bonds is 5. The van der Waals surface area contributed by atoms with Gasteiger partial charge in [-0.3, -0.25) is 9.78 Å². The maximum atomic E-state index is 11.8. The molecule has 3 heterocycles. The van der Waals surface area contributed by atoms with Gasteiger partial charge in [0.05, 0.1) is 16.1 Å². The van der Waals surface area contributed by atoms with Crippen molar-refractivity contribution in [3.8, 4) is 5.75 Å². The van der Waals surface area contributed by atoms with Crippen LogP contribution in [0.3, 0.4) is 0 Å². The Kier molecular flexibility index (Phi) is 5.06. The van der Waals surface area contributed by atoms with E-state index in [4.69, 9.17) is 16.3 Å². The number of benzene rings is 1. The number of anilines is 2. The van der Waals surface area contributed by atoms with Crippen molar-refractivity contribution in [2.24, 2.45) is 0 Å². The van der Waals surface area contributed by atoms with Crippen molar-refractivity contribution in [3.05, 3.63) is 70.1 Å². The Bertz CT molecular complexity index is 1240. The van der Waals surface area contributed by atoms with Crippen LogP contribution in [0.25, 0.3) is 10.2 Å². The van der Waals surface area contributed by atoms with E-state index in [1.807, 2.05) is 36.4 Å². The van der Waals surface area contributed by atoms with Gasteiger partial charge in [-0.05, 0) is 42.3 Å². The van der Waals surface area contributed by atoms with E-state index in [9.17, 15) is 4.79 Å². The molecule has 4 aromatic rings. The molecule has 3 aromatic heterocycles. The molecule has 0 fully saturated rings. The average molecular weight is 437 g/mol. The molecule has 0 spiro atoms. The van der Waals surface area contributed by atoms with Crippen LogP contribution in [0.4, 0.5) is 11.5 Å². The predicted molar refractivity (Wildman–Crippen MR) is 118 cm³/mol. The van der Waals surface area contributed by atoms with Crippen molar-refractivity contribution in [1.29, 1.82) is 0 Å². The Balaban J connectivity index is 1.39. The number of halogens is 1. The first kappa shape index (κ1) is 19.0. The van der Waals surface area contributed by atoms with E-state index in [2.05, 4.69) is 20.3 Å². The van der Waals surface area contributed by atoms with Gasteiger partial charge in [-0.1, -0.05) is 17.7 Å². The van der Waals surface area contributed by atoms with Gasteiger partial charge in [-0.2, -0.15) is 0 Å². The number of Topliss-reactive ketones (excluding diaryl/α,β-unsaturated/α-hetero) is 1. The second-order valence-electron chi connectivity index (χ2n) is 7.00. The van der Waals surface area contributed by atoms with Crippen LogP contribution in [-0.2, 0) is 24.2 Å². The summed E-state index contributed by atoms with van der Waals surface area (Å²) in [7, 11) is 0. The Morgan fingerprint density at radius 3 is 2.90 bits per heavy atom. The molecule has 6 nitrogen and oxygen atoms in total. The van der Waals surface area contributed by atoms with Crippen LogP contribution in [0.2, 0.25) is 5.02 Å². The Morgan fingerprint density at radius 2 is 2.07 bits per heavy atom. The van der Waals surface area contributed by atoms with Crippen LogP contribution >= 0.6 is 22.9 Å². The molecule has 0 saturated carbocycles. The van der Waals surface area contributed by atoms with Crippen LogP contribution in [0.15, 0.2) is 48.9 Å². The van der Waals surface area contributed by atoms with Gasteiger partial charge in [0.2, 0.25) is 0 Å². The molecule has 0 saturated heterocycles. The minimum absolute atomic E-state index is 0.282. The van der Waals surface area contributed by atoms with Gasteiger partial charge in [0, 0.05) is 29.6 Å². The minimum Gasteiger partial charge on any atom is -0.486 e. The largest absolute Gasteiger partial charge is 0.486 e.